The molecule has 0 amide bonds. The minimum absolute atomic E-state index is 0.341. The van der Waals surface area contributed by atoms with Gasteiger partial charge in [-0.05, 0) is 56.5 Å². The summed E-state index contributed by atoms with van der Waals surface area (Å²) in [5, 5.41) is 6.93. The molecule has 0 spiro atoms. The third-order valence-electron chi connectivity index (χ3n) is 6.25. The summed E-state index contributed by atoms with van der Waals surface area (Å²) in [6, 6.07) is 15.3. The van der Waals surface area contributed by atoms with Gasteiger partial charge in [-0.3, -0.25) is 5.43 Å². The molecule has 0 unspecified atom stereocenters. The van der Waals surface area contributed by atoms with Gasteiger partial charge in [0.15, 0.2) is 0 Å². The summed E-state index contributed by atoms with van der Waals surface area (Å²) in [6.07, 6.45) is 5.82. The van der Waals surface area contributed by atoms with Crippen LogP contribution in [-0.4, -0.2) is 50.1 Å². The van der Waals surface area contributed by atoms with Crippen molar-refractivity contribution >= 4 is 38.4 Å². The van der Waals surface area contributed by atoms with Gasteiger partial charge in [-0.15, -0.1) is 11.3 Å². The van der Waals surface area contributed by atoms with Crippen molar-refractivity contribution < 1.29 is 8.42 Å². The fourth-order valence-corrected chi connectivity index (χ4v) is 6.39. The third kappa shape index (κ3) is 6.28. The van der Waals surface area contributed by atoms with Crippen LogP contribution in [0.4, 0.5) is 10.8 Å². The SMILES string of the molecule is CCN(CC)c1ccc(C=NNc2nc(-c3ccc(S(=O)(=O)N4CCCCCC4)cc3)cs2)cc1. The second kappa shape index (κ2) is 11.8. The quantitative estimate of drug-likeness (QED) is 0.296. The predicted molar refractivity (Wildman–Crippen MR) is 146 cm³/mol. The second-order valence-corrected chi connectivity index (χ2v) is 11.3. The highest BCUT2D eigenvalue weighted by Crippen LogP contribution is 2.27. The molecule has 1 aromatic heterocycles. The van der Waals surface area contributed by atoms with Crippen molar-refractivity contribution in [3.63, 3.8) is 0 Å². The van der Waals surface area contributed by atoms with Crippen LogP contribution in [0.3, 0.4) is 0 Å². The number of hydrogen-bond donors (Lipinski definition) is 1. The highest BCUT2D eigenvalue weighted by molar-refractivity contribution is 7.89. The molecular weight excluding hydrogens is 478 g/mol. The first-order valence-electron chi connectivity index (χ1n) is 12.2. The molecule has 0 atom stereocenters. The Morgan fingerprint density at radius 2 is 1.66 bits per heavy atom. The lowest BCUT2D eigenvalue weighted by Gasteiger charge is -2.20. The fourth-order valence-electron chi connectivity index (χ4n) is 4.21. The van der Waals surface area contributed by atoms with E-state index in [0.29, 0.717) is 23.1 Å². The number of thiazole rings is 1. The van der Waals surface area contributed by atoms with E-state index in [0.717, 1.165) is 55.6 Å². The minimum Gasteiger partial charge on any atom is -0.372 e. The largest absolute Gasteiger partial charge is 0.372 e. The molecule has 3 aromatic rings. The van der Waals surface area contributed by atoms with Crippen LogP contribution in [0.5, 0.6) is 0 Å². The number of nitrogens with one attached hydrogen (secondary N) is 1. The van der Waals surface area contributed by atoms with Gasteiger partial charge in [0.05, 0.1) is 16.8 Å². The van der Waals surface area contributed by atoms with Crippen molar-refractivity contribution in [2.75, 3.05) is 36.5 Å². The molecule has 4 rings (SSSR count). The van der Waals surface area contributed by atoms with E-state index < -0.39 is 10.0 Å². The molecule has 1 N–H and O–H groups in total. The predicted octanol–water partition coefficient (Wildman–Crippen LogP) is 5.67. The van der Waals surface area contributed by atoms with E-state index in [1.54, 1.807) is 22.7 Å². The zero-order valence-corrected chi connectivity index (χ0v) is 22.0. The van der Waals surface area contributed by atoms with E-state index in [9.17, 15) is 8.42 Å². The second-order valence-electron chi connectivity index (χ2n) is 8.51. The normalized spacial score (nSPS) is 15.3. The molecule has 9 heteroatoms. The number of hydrazone groups is 1. The maximum absolute atomic E-state index is 13.0. The molecule has 1 aliphatic rings. The van der Waals surface area contributed by atoms with Crippen LogP contribution in [0.15, 0.2) is 63.9 Å². The molecule has 2 heterocycles. The number of aromatic nitrogens is 1. The van der Waals surface area contributed by atoms with Crippen LogP contribution in [0, 0.1) is 0 Å². The van der Waals surface area contributed by atoms with Crippen LogP contribution >= 0.6 is 11.3 Å². The Kier molecular flexibility index (Phi) is 8.54. The summed E-state index contributed by atoms with van der Waals surface area (Å²) in [7, 11) is -3.45. The average Bonchev–Trinajstić information content (AvgIpc) is 3.17. The Hall–Kier alpha value is -2.75. The van der Waals surface area contributed by atoms with Gasteiger partial charge in [0.1, 0.15) is 0 Å². The van der Waals surface area contributed by atoms with Crippen LogP contribution < -0.4 is 10.3 Å². The first-order valence-corrected chi connectivity index (χ1v) is 14.5. The summed E-state index contributed by atoms with van der Waals surface area (Å²) >= 11 is 1.46. The smallest absolute Gasteiger partial charge is 0.243 e. The van der Waals surface area contributed by atoms with E-state index in [4.69, 9.17) is 0 Å². The van der Waals surface area contributed by atoms with Gasteiger partial charge >= 0.3 is 0 Å². The molecule has 1 saturated heterocycles. The minimum atomic E-state index is -3.45. The van der Waals surface area contributed by atoms with Crippen molar-refractivity contribution in [2.24, 2.45) is 5.10 Å². The molecule has 186 valence electrons. The third-order valence-corrected chi connectivity index (χ3v) is 8.91. The van der Waals surface area contributed by atoms with Crippen LogP contribution in [0.2, 0.25) is 0 Å². The maximum atomic E-state index is 13.0. The van der Waals surface area contributed by atoms with Gasteiger partial charge in [0.25, 0.3) is 0 Å². The molecule has 0 saturated carbocycles. The van der Waals surface area contributed by atoms with Crippen molar-refractivity contribution in [1.82, 2.24) is 9.29 Å². The number of anilines is 2. The van der Waals surface area contributed by atoms with Crippen molar-refractivity contribution in [3.8, 4) is 11.3 Å². The van der Waals surface area contributed by atoms with Crippen molar-refractivity contribution in [2.45, 2.75) is 44.4 Å². The lowest BCUT2D eigenvalue weighted by atomic mass is 10.2. The number of nitrogens with zero attached hydrogens (tertiary/aromatic N) is 4. The molecule has 0 aliphatic carbocycles. The number of sulfonamides is 1. The zero-order valence-electron chi connectivity index (χ0n) is 20.4. The molecule has 2 aromatic carbocycles. The summed E-state index contributed by atoms with van der Waals surface area (Å²) in [5.74, 6) is 0. The van der Waals surface area contributed by atoms with Gasteiger partial charge in [0.2, 0.25) is 15.2 Å². The number of rotatable bonds is 9. The molecule has 1 fully saturated rings. The molecular formula is C26H33N5O2S2. The van der Waals surface area contributed by atoms with Gasteiger partial charge in [-0.25, -0.2) is 13.4 Å². The summed E-state index contributed by atoms with van der Waals surface area (Å²) in [4.78, 5) is 7.23. The van der Waals surface area contributed by atoms with Crippen LogP contribution in [-0.2, 0) is 10.0 Å². The molecule has 0 bridgehead atoms. The first-order chi connectivity index (χ1) is 17.0. The van der Waals surface area contributed by atoms with E-state index >= 15 is 0 Å². The standard InChI is InChI=1S/C26H33N5O2S2/c1-3-30(4-2)23-13-9-21(10-14-23)19-27-29-26-28-25(20-34-26)22-11-15-24(16-12-22)35(32,33)31-17-7-5-6-8-18-31/h9-16,19-20H,3-8,17-18H2,1-2H3,(H,28,29). The molecule has 7 nitrogen and oxygen atoms in total. The topological polar surface area (TPSA) is 77.9 Å². The Morgan fingerprint density at radius 3 is 2.29 bits per heavy atom. The number of hydrogen-bond acceptors (Lipinski definition) is 7. The van der Waals surface area contributed by atoms with Gasteiger partial charge in [0, 0.05) is 42.8 Å². The van der Waals surface area contributed by atoms with E-state index in [1.165, 1.54) is 17.0 Å². The Morgan fingerprint density at radius 1 is 1.00 bits per heavy atom. The Bertz CT molecular complexity index is 1210. The highest BCUT2D eigenvalue weighted by atomic mass is 32.2. The van der Waals surface area contributed by atoms with E-state index in [-0.39, 0.29) is 0 Å². The van der Waals surface area contributed by atoms with Crippen molar-refractivity contribution in [1.29, 1.82) is 0 Å². The molecule has 35 heavy (non-hydrogen) atoms. The van der Waals surface area contributed by atoms with Crippen LogP contribution in [0.25, 0.3) is 11.3 Å². The lowest BCUT2D eigenvalue weighted by molar-refractivity contribution is 0.424. The van der Waals surface area contributed by atoms with Gasteiger partial charge in [-0.2, -0.15) is 9.41 Å². The molecule has 1 aliphatic heterocycles. The summed E-state index contributed by atoms with van der Waals surface area (Å²) < 4.78 is 27.6. The van der Waals surface area contributed by atoms with E-state index in [2.05, 4.69) is 46.4 Å². The molecule has 0 radical (unpaired) electrons. The average molecular weight is 512 g/mol. The Labute approximate surface area is 212 Å². The Balaban J connectivity index is 1.38. The fraction of sp³-hybridized carbons (Fsp3) is 0.385. The van der Waals surface area contributed by atoms with Crippen LogP contribution in [0.1, 0.15) is 45.1 Å². The highest BCUT2D eigenvalue weighted by Gasteiger charge is 2.25. The summed E-state index contributed by atoms with van der Waals surface area (Å²) in [5.41, 5.74) is 6.86. The monoisotopic (exact) mass is 511 g/mol. The van der Waals surface area contributed by atoms with E-state index in [1.807, 2.05) is 29.6 Å². The van der Waals surface area contributed by atoms with Gasteiger partial charge in [-0.1, -0.05) is 37.1 Å². The lowest BCUT2D eigenvalue weighted by Crippen LogP contribution is -2.31. The first kappa shape index (κ1) is 25.3. The summed E-state index contributed by atoms with van der Waals surface area (Å²) in [6.45, 7) is 7.47. The number of benzene rings is 2. The van der Waals surface area contributed by atoms with Crippen molar-refractivity contribution in [3.05, 3.63) is 59.5 Å². The maximum Gasteiger partial charge on any atom is 0.243 e. The zero-order chi connectivity index (χ0) is 24.7. The van der Waals surface area contributed by atoms with Gasteiger partial charge < -0.3 is 4.90 Å².